The van der Waals surface area contributed by atoms with Crippen LogP contribution in [-0.2, 0) is 0 Å². The minimum atomic E-state index is -0.505. The zero-order valence-electron chi connectivity index (χ0n) is 11.7. The number of nitrogen functional groups attached to an aromatic ring is 1. The molecule has 1 aliphatic heterocycles. The Bertz CT molecular complexity index is 474. The SMILES string of the molecule is CCCN(CC1CCCN1)c1ccc([N+](=O)[O-])c(N)n1. The van der Waals surface area contributed by atoms with Gasteiger partial charge in [0.1, 0.15) is 5.82 Å². The highest BCUT2D eigenvalue weighted by Crippen LogP contribution is 2.23. The van der Waals surface area contributed by atoms with E-state index in [4.69, 9.17) is 5.73 Å². The Kier molecular flexibility index (Phi) is 4.73. The minimum Gasteiger partial charge on any atom is -0.378 e. The fourth-order valence-corrected chi connectivity index (χ4v) is 2.54. The second kappa shape index (κ2) is 6.51. The lowest BCUT2D eigenvalue weighted by molar-refractivity contribution is -0.384. The van der Waals surface area contributed by atoms with E-state index in [1.54, 1.807) is 6.07 Å². The molecule has 1 saturated heterocycles. The molecule has 1 fully saturated rings. The van der Waals surface area contributed by atoms with E-state index < -0.39 is 4.92 Å². The minimum absolute atomic E-state index is 0.0204. The molecule has 1 aliphatic rings. The molecule has 1 aromatic heterocycles. The first-order valence-corrected chi connectivity index (χ1v) is 7.01. The molecule has 110 valence electrons. The summed E-state index contributed by atoms with van der Waals surface area (Å²) in [5.74, 6) is 0.691. The van der Waals surface area contributed by atoms with Crippen molar-refractivity contribution in [1.82, 2.24) is 10.3 Å². The maximum absolute atomic E-state index is 10.8. The van der Waals surface area contributed by atoms with Gasteiger partial charge >= 0.3 is 5.69 Å². The molecule has 7 heteroatoms. The van der Waals surface area contributed by atoms with Gasteiger partial charge in [-0.15, -0.1) is 0 Å². The number of pyridine rings is 1. The van der Waals surface area contributed by atoms with E-state index in [1.165, 1.54) is 12.5 Å². The molecule has 0 saturated carbocycles. The molecule has 2 heterocycles. The standard InChI is InChI=1S/C13H21N5O2/c1-2-8-17(9-10-4-3-7-15-10)12-6-5-11(18(19)20)13(14)16-12/h5-6,10,15H,2-4,7-9H2,1H3,(H2,14,16). The number of rotatable bonds is 6. The number of hydrogen-bond donors (Lipinski definition) is 2. The molecule has 1 unspecified atom stereocenters. The van der Waals surface area contributed by atoms with E-state index in [2.05, 4.69) is 22.1 Å². The number of nitro groups is 1. The van der Waals surface area contributed by atoms with E-state index >= 15 is 0 Å². The van der Waals surface area contributed by atoms with Crippen LogP contribution in [0.3, 0.4) is 0 Å². The first-order chi connectivity index (χ1) is 9.61. The molecule has 2 rings (SSSR count). The highest BCUT2D eigenvalue weighted by atomic mass is 16.6. The van der Waals surface area contributed by atoms with Crippen molar-refractivity contribution >= 4 is 17.3 Å². The summed E-state index contributed by atoms with van der Waals surface area (Å²) in [7, 11) is 0. The van der Waals surface area contributed by atoms with Gasteiger partial charge in [0.2, 0.25) is 5.82 Å². The summed E-state index contributed by atoms with van der Waals surface area (Å²) < 4.78 is 0. The summed E-state index contributed by atoms with van der Waals surface area (Å²) in [4.78, 5) is 16.6. The molecule has 20 heavy (non-hydrogen) atoms. The van der Waals surface area contributed by atoms with Crippen LogP contribution < -0.4 is 16.0 Å². The van der Waals surface area contributed by atoms with Gasteiger partial charge in [-0.2, -0.15) is 0 Å². The van der Waals surface area contributed by atoms with Gasteiger partial charge in [-0.3, -0.25) is 10.1 Å². The number of aromatic nitrogens is 1. The number of nitrogens with zero attached hydrogens (tertiary/aromatic N) is 3. The third kappa shape index (κ3) is 3.36. The lowest BCUT2D eigenvalue weighted by Gasteiger charge is -2.26. The van der Waals surface area contributed by atoms with Crippen LogP contribution in [0.1, 0.15) is 26.2 Å². The van der Waals surface area contributed by atoms with Gasteiger partial charge < -0.3 is 16.0 Å². The lowest BCUT2D eigenvalue weighted by Crippen LogP contribution is -2.38. The first-order valence-electron chi connectivity index (χ1n) is 7.01. The fourth-order valence-electron chi connectivity index (χ4n) is 2.54. The van der Waals surface area contributed by atoms with Crippen molar-refractivity contribution in [3.63, 3.8) is 0 Å². The normalized spacial score (nSPS) is 18.1. The average molecular weight is 279 g/mol. The van der Waals surface area contributed by atoms with Crippen molar-refractivity contribution in [2.75, 3.05) is 30.3 Å². The highest BCUT2D eigenvalue weighted by molar-refractivity contribution is 5.58. The first kappa shape index (κ1) is 14.5. The van der Waals surface area contributed by atoms with Crippen molar-refractivity contribution in [2.24, 2.45) is 0 Å². The van der Waals surface area contributed by atoms with Crippen molar-refractivity contribution in [3.8, 4) is 0 Å². The van der Waals surface area contributed by atoms with Gasteiger partial charge in [0, 0.05) is 25.2 Å². The van der Waals surface area contributed by atoms with Crippen LogP contribution in [0.5, 0.6) is 0 Å². The molecule has 1 atom stereocenters. The van der Waals surface area contributed by atoms with E-state index in [-0.39, 0.29) is 11.5 Å². The Morgan fingerprint density at radius 2 is 2.40 bits per heavy atom. The summed E-state index contributed by atoms with van der Waals surface area (Å²) in [5.41, 5.74) is 5.53. The van der Waals surface area contributed by atoms with Gasteiger partial charge in [0.15, 0.2) is 0 Å². The van der Waals surface area contributed by atoms with Crippen LogP contribution in [0.2, 0.25) is 0 Å². The van der Waals surface area contributed by atoms with Crippen LogP contribution in [0.4, 0.5) is 17.3 Å². The van der Waals surface area contributed by atoms with Gasteiger partial charge in [0.25, 0.3) is 0 Å². The Morgan fingerprint density at radius 3 is 2.95 bits per heavy atom. The summed E-state index contributed by atoms with van der Waals surface area (Å²) in [6.07, 6.45) is 3.34. The van der Waals surface area contributed by atoms with Crippen molar-refractivity contribution in [1.29, 1.82) is 0 Å². The molecule has 0 aromatic carbocycles. The molecule has 0 bridgehead atoms. The van der Waals surface area contributed by atoms with Crippen molar-refractivity contribution < 1.29 is 4.92 Å². The van der Waals surface area contributed by atoms with Crippen LogP contribution in [-0.4, -0.2) is 35.6 Å². The maximum Gasteiger partial charge on any atom is 0.311 e. The third-order valence-corrected chi connectivity index (χ3v) is 3.51. The Morgan fingerprint density at radius 1 is 1.60 bits per heavy atom. The molecule has 1 aromatic rings. The van der Waals surface area contributed by atoms with Gasteiger partial charge in [-0.1, -0.05) is 6.92 Å². The van der Waals surface area contributed by atoms with Crippen LogP contribution in [0, 0.1) is 10.1 Å². The third-order valence-electron chi connectivity index (χ3n) is 3.51. The van der Waals surface area contributed by atoms with E-state index in [9.17, 15) is 10.1 Å². The number of anilines is 2. The molecule has 0 amide bonds. The number of nitrogens with two attached hydrogens (primary N) is 1. The lowest BCUT2D eigenvalue weighted by atomic mass is 10.2. The predicted octanol–water partition coefficient (Wildman–Crippen LogP) is 1.54. The molecular formula is C13H21N5O2. The molecule has 3 N–H and O–H groups in total. The largest absolute Gasteiger partial charge is 0.378 e. The summed E-state index contributed by atoms with van der Waals surface area (Å²) in [6.45, 7) is 4.88. The molecule has 0 spiro atoms. The monoisotopic (exact) mass is 279 g/mol. The van der Waals surface area contributed by atoms with Crippen LogP contribution in [0.15, 0.2) is 12.1 Å². The average Bonchev–Trinajstić information content (AvgIpc) is 2.90. The Labute approximate surface area is 118 Å². The topological polar surface area (TPSA) is 97.3 Å². The van der Waals surface area contributed by atoms with E-state index in [1.807, 2.05) is 0 Å². The van der Waals surface area contributed by atoms with E-state index in [0.717, 1.165) is 32.5 Å². The predicted molar refractivity (Wildman–Crippen MR) is 78.8 cm³/mol. The zero-order chi connectivity index (χ0) is 14.5. The fraction of sp³-hybridized carbons (Fsp3) is 0.615. The maximum atomic E-state index is 10.8. The van der Waals surface area contributed by atoms with Gasteiger partial charge in [-0.05, 0) is 31.9 Å². The molecule has 0 aliphatic carbocycles. The molecular weight excluding hydrogens is 258 g/mol. The second-order valence-corrected chi connectivity index (χ2v) is 5.07. The van der Waals surface area contributed by atoms with Crippen molar-refractivity contribution in [2.45, 2.75) is 32.2 Å². The molecule has 7 nitrogen and oxygen atoms in total. The van der Waals surface area contributed by atoms with Crippen LogP contribution >= 0.6 is 0 Å². The van der Waals surface area contributed by atoms with E-state index in [0.29, 0.717) is 11.9 Å². The summed E-state index contributed by atoms with van der Waals surface area (Å²) >= 11 is 0. The Balaban J connectivity index is 2.15. The Hall–Kier alpha value is -1.89. The quantitative estimate of drug-likeness (QED) is 0.605. The highest BCUT2D eigenvalue weighted by Gasteiger charge is 2.20. The smallest absolute Gasteiger partial charge is 0.311 e. The van der Waals surface area contributed by atoms with Crippen LogP contribution in [0.25, 0.3) is 0 Å². The molecule has 0 radical (unpaired) electrons. The van der Waals surface area contributed by atoms with Crippen molar-refractivity contribution in [3.05, 3.63) is 22.2 Å². The second-order valence-electron chi connectivity index (χ2n) is 5.07. The summed E-state index contributed by atoms with van der Waals surface area (Å²) in [5, 5.41) is 14.2. The number of hydrogen-bond acceptors (Lipinski definition) is 6. The number of nitrogens with one attached hydrogen (secondary N) is 1. The van der Waals surface area contributed by atoms with Gasteiger partial charge in [0.05, 0.1) is 4.92 Å². The summed E-state index contributed by atoms with van der Waals surface area (Å²) in [6, 6.07) is 3.57. The van der Waals surface area contributed by atoms with Gasteiger partial charge in [-0.25, -0.2) is 4.98 Å². The zero-order valence-corrected chi connectivity index (χ0v) is 11.7.